The highest BCUT2D eigenvalue weighted by atomic mass is 32.2. The summed E-state index contributed by atoms with van der Waals surface area (Å²) in [6.45, 7) is 4.58. The molecule has 2 aromatic carbocycles. The van der Waals surface area contributed by atoms with Crippen LogP contribution in [0.15, 0.2) is 57.9 Å². The average Bonchev–Trinajstić information content (AvgIpc) is 3.17. The number of ether oxygens (including phenoxy) is 1. The average molecular weight is 445 g/mol. The Hall–Kier alpha value is -3.40. The van der Waals surface area contributed by atoms with Gasteiger partial charge in [0.05, 0.1) is 11.5 Å². The van der Waals surface area contributed by atoms with Crippen LogP contribution in [-0.4, -0.2) is 37.6 Å². The standard InChI is InChI=1S/C21H24N4O5S/c1-3-29-18-10-8-17(9-11-18)25-31(27,28)19-12-6-16(7-13-19)21(26)22-14-4-5-20-23-15(2)24-30-20/h6-13,25H,3-5,14H2,1-2H3,(H,22,26). The second-order valence-corrected chi connectivity index (χ2v) is 8.36. The Balaban J connectivity index is 1.53. The first-order chi connectivity index (χ1) is 14.9. The Bertz CT molecular complexity index is 1110. The van der Waals surface area contributed by atoms with Crippen molar-refractivity contribution in [3.05, 3.63) is 65.8 Å². The summed E-state index contributed by atoms with van der Waals surface area (Å²) in [6, 6.07) is 12.4. The van der Waals surface area contributed by atoms with Crippen molar-refractivity contribution in [2.24, 2.45) is 0 Å². The predicted octanol–water partition coefficient (Wildman–Crippen LogP) is 2.94. The van der Waals surface area contributed by atoms with E-state index in [0.29, 0.717) is 54.7 Å². The monoisotopic (exact) mass is 444 g/mol. The number of amides is 1. The molecule has 0 spiro atoms. The molecule has 0 fully saturated rings. The summed E-state index contributed by atoms with van der Waals surface area (Å²) in [5.74, 6) is 1.48. The molecule has 0 radical (unpaired) electrons. The molecule has 31 heavy (non-hydrogen) atoms. The van der Waals surface area contributed by atoms with E-state index in [2.05, 4.69) is 20.2 Å². The number of carbonyl (C=O) groups excluding carboxylic acids is 1. The van der Waals surface area contributed by atoms with E-state index in [1.54, 1.807) is 31.2 Å². The van der Waals surface area contributed by atoms with Gasteiger partial charge in [0.1, 0.15) is 5.75 Å². The van der Waals surface area contributed by atoms with Crippen LogP contribution in [0.3, 0.4) is 0 Å². The predicted molar refractivity (Wildman–Crippen MR) is 115 cm³/mol. The van der Waals surface area contributed by atoms with Crippen molar-refractivity contribution in [1.29, 1.82) is 0 Å². The van der Waals surface area contributed by atoms with Gasteiger partial charge in [0, 0.05) is 24.2 Å². The minimum absolute atomic E-state index is 0.0599. The van der Waals surface area contributed by atoms with Gasteiger partial charge in [-0.1, -0.05) is 5.16 Å². The van der Waals surface area contributed by atoms with E-state index >= 15 is 0 Å². The second kappa shape index (κ2) is 10.1. The van der Waals surface area contributed by atoms with E-state index in [9.17, 15) is 13.2 Å². The summed E-state index contributed by atoms with van der Waals surface area (Å²) in [4.78, 5) is 16.4. The van der Waals surface area contributed by atoms with Gasteiger partial charge in [-0.05, 0) is 68.8 Å². The molecule has 3 rings (SSSR count). The highest BCUT2D eigenvalue weighted by Gasteiger charge is 2.15. The Morgan fingerprint density at radius 3 is 2.42 bits per heavy atom. The van der Waals surface area contributed by atoms with E-state index in [1.165, 1.54) is 24.3 Å². The molecule has 0 saturated carbocycles. The Labute approximate surface area is 180 Å². The number of hydrogen-bond acceptors (Lipinski definition) is 7. The Morgan fingerprint density at radius 2 is 1.81 bits per heavy atom. The molecule has 1 aromatic heterocycles. The third-order valence-electron chi connectivity index (χ3n) is 4.27. The van der Waals surface area contributed by atoms with Gasteiger partial charge >= 0.3 is 0 Å². The number of carbonyl (C=O) groups is 1. The molecule has 0 aliphatic rings. The quantitative estimate of drug-likeness (QED) is 0.461. The molecular formula is C21H24N4O5S. The molecule has 10 heteroatoms. The minimum atomic E-state index is -3.78. The maximum Gasteiger partial charge on any atom is 0.261 e. The number of rotatable bonds is 10. The SMILES string of the molecule is CCOc1ccc(NS(=O)(=O)c2ccc(C(=O)NCCCc3nc(C)no3)cc2)cc1. The smallest absolute Gasteiger partial charge is 0.261 e. The third-order valence-corrected chi connectivity index (χ3v) is 5.66. The fourth-order valence-electron chi connectivity index (χ4n) is 2.77. The van der Waals surface area contributed by atoms with Gasteiger partial charge in [-0.3, -0.25) is 9.52 Å². The number of benzene rings is 2. The molecule has 3 aromatic rings. The molecule has 1 heterocycles. The summed E-state index contributed by atoms with van der Waals surface area (Å²) < 4.78 is 38.0. The van der Waals surface area contributed by atoms with Crippen LogP contribution in [0.1, 0.15) is 35.4 Å². The lowest BCUT2D eigenvalue weighted by Gasteiger charge is -2.10. The van der Waals surface area contributed by atoms with E-state index < -0.39 is 10.0 Å². The lowest BCUT2D eigenvalue weighted by molar-refractivity contribution is 0.0953. The van der Waals surface area contributed by atoms with Gasteiger partial charge in [0.15, 0.2) is 5.82 Å². The number of aryl methyl sites for hydroxylation is 2. The lowest BCUT2D eigenvalue weighted by atomic mass is 10.2. The van der Waals surface area contributed by atoms with Gasteiger partial charge < -0.3 is 14.6 Å². The fourth-order valence-corrected chi connectivity index (χ4v) is 3.83. The molecule has 0 bridgehead atoms. The topological polar surface area (TPSA) is 123 Å². The van der Waals surface area contributed by atoms with Crippen molar-refractivity contribution in [1.82, 2.24) is 15.5 Å². The zero-order chi connectivity index (χ0) is 22.3. The van der Waals surface area contributed by atoms with Crippen molar-refractivity contribution in [2.75, 3.05) is 17.9 Å². The summed E-state index contributed by atoms with van der Waals surface area (Å²) in [5, 5.41) is 6.49. The van der Waals surface area contributed by atoms with Crippen LogP contribution >= 0.6 is 0 Å². The van der Waals surface area contributed by atoms with Gasteiger partial charge in [-0.15, -0.1) is 0 Å². The minimum Gasteiger partial charge on any atom is -0.494 e. The molecule has 0 aliphatic carbocycles. The summed E-state index contributed by atoms with van der Waals surface area (Å²) >= 11 is 0. The first-order valence-corrected chi connectivity index (χ1v) is 11.3. The third kappa shape index (κ3) is 6.29. The van der Waals surface area contributed by atoms with Crippen LogP contribution in [0.5, 0.6) is 5.75 Å². The molecule has 2 N–H and O–H groups in total. The number of nitrogens with zero attached hydrogens (tertiary/aromatic N) is 2. The largest absolute Gasteiger partial charge is 0.494 e. The summed E-state index contributed by atoms with van der Waals surface area (Å²) in [7, 11) is -3.78. The number of aromatic nitrogens is 2. The van der Waals surface area contributed by atoms with Crippen molar-refractivity contribution < 1.29 is 22.5 Å². The second-order valence-electron chi connectivity index (χ2n) is 6.68. The molecule has 9 nitrogen and oxygen atoms in total. The number of hydrogen-bond donors (Lipinski definition) is 2. The van der Waals surface area contributed by atoms with Gasteiger partial charge in [0.25, 0.3) is 15.9 Å². The lowest BCUT2D eigenvalue weighted by Crippen LogP contribution is -2.24. The van der Waals surface area contributed by atoms with Crippen LogP contribution in [0, 0.1) is 6.92 Å². The van der Waals surface area contributed by atoms with Gasteiger partial charge in [0.2, 0.25) is 5.89 Å². The van der Waals surface area contributed by atoms with Crippen LogP contribution in [0.2, 0.25) is 0 Å². The maximum atomic E-state index is 12.6. The highest BCUT2D eigenvalue weighted by Crippen LogP contribution is 2.20. The zero-order valence-corrected chi connectivity index (χ0v) is 18.1. The molecule has 0 aliphatic heterocycles. The fraction of sp³-hybridized carbons (Fsp3) is 0.286. The summed E-state index contributed by atoms with van der Waals surface area (Å²) in [5.41, 5.74) is 0.787. The zero-order valence-electron chi connectivity index (χ0n) is 17.3. The number of sulfonamides is 1. The van der Waals surface area contributed by atoms with E-state index in [1.807, 2.05) is 6.92 Å². The molecule has 0 saturated heterocycles. The Morgan fingerprint density at radius 1 is 1.10 bits per heavy atom. The first kappa shape index (κ1) is 22.3. The van der Waals surface area contributed by atoms with Crippen molar-refractivity contribution in [3.63, 3.8) is 0 Å². The van der Waals surface area contributed by atoms with E-state index in [4.69, 9.17) is 9.26 Å². The van der Waals surface area contributed by atoms with E-state index in [0.717, 1.165) is 0 Å². The van der Waals surface area contributed by atoms with Crippen LogP contribution in [0.4, 0.5) is 5.69 Å². The normalized spacial score (nSPS) is 11.2. The Kier molecular flexibility index (Phi) is 7.24. The molecule has 0 unspecified atom stereocenters. The molecule has 164 valence electrons. The van der Waals surface area contributed by atoms with Crippen molar-refractivity contribution >= 4 is 21.6 Å². The van der Waals surface area contributed by atoms with Crippen LogP contribution in [-0.2, 0) is 16.4 Å². The highest BCUT2D eigenvalue weighted by molar-refractivity contribution is 7.92. The molecule has 0 atom stereocenters. The van der Waals surface area contributed by atoms with E-state index in [-0.39, 0.29) is 10.8 Å². The number of nitrogens with one attached hydrogen (secondary N) is 2. The summed E-state index contributed by atoms with van der Waals surface area (Å²) in [6.07, 6.45) is 1.21. The molecular weight excluding hydrogens is 420 g/mol. The number of anilines is 1. The first-order valence-electron chi connectivity index (χ1n) is 9.80. The van der Waals surface area contributed by atoms with Gasteiger partial charge in [-0.25, -0.2) is 8.42 Å². The van der Waals surface area contributed by atoms with Crippen molar-refractivity contribution in [2.45, 2.75) is 31.6 Å². The van der Waals surface area contributed by atoms with Crippen LogP contribution in [0.25, 0.3) is 0 Å². The maximum absolute atomic E-state index is 12.6. The van der Waals surface area contributed by atoms with Gasteiger partial charge in [-0.2, -0.15) is 4.98 Å². The van der Waals surface area contributed by atoms with Crippen LogP contribution < -0.4 is 14.8 Å². The molecule has 1 amide bonds. The van der Waals surface area contributed by atoms with Crippen molar-refractivity contribution in [3.8, 4) is 5.75 Å².